The summed E-state index contributed by atoms with van der Waals surface area (Å²) in [5, 5.41) is 41.6. The summed E-state index contributed by atoms with van der Waals surface area (Å²) >= 11 is 0. The summed E-state index contributed by atoms with van der Waals surface area (Å²) in [6.45, 7) is 0.312. The molecule has 45 heavy (non-hydrogen) atoms. The van der Waals surface area contributed by atoms with Gasteiger partial charge in [0, 0.05) is 0 Å². The highest BCUT2D eigenvalue weighted by Crippen LogP contribution is 2.50. The lowest BCUT2D eigenvalue weighted by Gasteiger charge is -2.24. The van der Waals surface area contributed by atoms with Gasteiger partial charge in [0.25, 0.3) is 5.56 Å². The quantitative estimate of drug-likeness (QED) is 0.0888. The number of nitrogens with zero attached hydrogens (tertiary/aromatic N) is 7. The Morgan fingerprint density at radius 2 is 1.67 bits per heavy atom. The van der Waals surface area contributed by atoms with Gasteiger partial charge in [-0.1, -0.05) is 0 Å². The number of nitrogens with two attached hydrogens (primary N) is 1. The molecule has 4 aromatic rings. The molecule has 6 rings (SSSR count). The Morgan fingerprint density at radius 3 is 2.36 bits per heavy atom. The molecule has 0 radical (unpaired) electrons. The van der Waals surface area contributed by atoms with E-state index in [-0.39, 0.29) is 17.1 Å². The molecule has 9 atom stereocenters. The summed E-state index contributed by atoms with van der Waals surface area (Å²) in [5.41, 5.74) is 6.12. The summed E-state index contributed by atoms with van der Waals surface area (Å²) < 4.78 is 45.7. The Morgan fingerprint density at radius 1 is 1.02 bits per heavy atom. The van der Waals surface area contributed by atoms with Crippen molar-refractivity contribution in [2.75, 3.05) is 18.9 Å². The fourth-order valence-electron chi connectivity index (χ4n) is 4.94. The number of aromatic amines is 1. The number of aliphatic hydroxyl groups excluding tert-OH is 4. The third-order valence-electron chi connectivity index (χ3n) is 7.03. The molecule has 22 nitrogen and oxygen atoms in total. The predicted octanol–water partition coefficient (Wildman–Crippen LogP) is -2.59. The van der Waals surface area contributed by atoms with E-state index in [2.05, 4.69) is 29.9 Å². The molecular formula is C21H27N9O13P2. The number of imidazole rings is 2. The number of aliphatic hydroxyl groups is 4. The van der Waals surface area contributed by atoms with Crippen molar-refractivity contribution in [1.82, 2.24) is 39.0 Å². The van der Waals surface area contributed by atoms with Crippen LogP contribution in [0.2, 0.25) is 0 Å². The van der Waals surface area contributed by atoms with Gasteiger partial charge >= 0.3 is 16.5 Å². The molecule has 0 amide bonds. The van der Waals surface area contributed by atoms with E-state index in [0.717, 1.165) is 10.9 Å². The maximum absolute atomic E-state index is 13.0. The number of phosphoric ester groups is 1. The maximum atomic E-state index is 13.0. The van der Waals surface area contributed by atoms with Crippen LogP contribution < -0.4 is 11.3 Å². The number of aromatic nitrogens is 8. The van der Waals surface area contributed by atoms with Crippen molar-refractivity contribution in [2.24, 2.45) is 0 Å². The number of aryl methyl sites for hydroxylation is 1. The standard InChI is InChI=1S/C21H26N9O11P.HO2P/c1-7-10-16(24-4-23-7)29(5-25-10)19-14(34)12(32)9(40-19)3-38-42(36,37)41-15-13(33)8(2-31)39-20(15)30-6-26-11-17(30)27-21(22)28-18(11)35;1-3-2/h4-6,8-9,12-15,19-20,31-34H,2-3H2,1H3,(H,36,37)(H3,22,27,28,35);(H,1,2)/t8-,9-,12-,13-,14-,15-,19-,20-;/m1./s1. The van der Waals surface area contributed by atoms with Crippen LogP contribution in [0.5, 0.6) is 0 Å². The maximum Gasteiger partial charge on any atom is 0.472 e. The molecule has 0 spiro atoms. The average Bonchev–Trinajstić information content (AvgIpc) is 3.74. The summed E-state index contributed by atoms with van der Waals surface area (Å²) in [6.07, 6.45) is -7.64. The van der Waals surface area contributed by atoms with Crippen molar-refractivity contribution in [2.45, 2.75) is 56.0 Å². The Bertz CT molecular complexity index is 1790. The second-order valence-corrected chi connectivity index (χ2v) is 11.3. The van der Waals surface area contributed by atoms with Crippen LogP contribution in [-0.2, 0) is 27.7 Å². The van der Waals surface area contributed by atoms with E-state index in [1.165, 1.54) is 17.2 Å². The van der Waals surface area contributed by atoms with E-state index in [4.69, 9.17) is 33.7 Å². The largest absolute Gasteiger partial charge is 0.472 e. The second-order valence-electron chi connectivity index (χ2n) is 9.76. The van der Waals surface area contributed by atoms with Gasteiger partial charge in [-0.05, 0) is 6.92 Å². The average molecular weight is 675 g/mol. The Kier molecular flexibility index (Phi) is 9.65. The van der Waals surface area contributed by atoms with Gasteiger partial charge < -0.3 is 45.4 Å². The van der Waals surface area contributed by atoms with Crippen molar-refractivity contribution >= 4 is 44.8 Å². The summed E-state index contributed by atoms with van der Waals surface area (Å²) in [7, 11) is -5.87. The minimum absolute atomic E-state index is 0.0793. The molecule has 2 aliphatic heterocycles. The molecule has 24 heteroatoms. The lowest BCUT2D eigenvalue weighted by molar-refractivity contribution is -0.0615. The van der Waals surface area contributed by atoms with Gasteiger partial charge in [-0.25, -0.2) is 29.1 Å². The van der Waals surface area contributed by atoms with Crippen molar-refractivity contribution in [3.8, 4) is 0 Å². The first-order chi connectivity index (χ1) is 21.4. The highest BCUT2D eigenvalue weighted by atomic mass is 31.2. The van der Waals surface area contributed by atoms with Crippen molar-refractivity contribution in [1.29, 1.82) is 0 Å². The molecular weight excluding hydrogens is 648 g/mol. The summed E-state index contributed by atoms with van der Waals surface area (Å²) in [6, 6.07) is 0. The van der Waals surface area contributed by atoms with E-state index in [0.29, 0.717) is 16.9 Å². The van der Waals surface area contributed by atoms with Gasteiger partial charge in [0.2, 0.25) is 5.95 Å². The normalized spacial score (nSPS) is 29.7. The van der Waals surface area contributed by atoms with Gasteiger partial charge in [0.1, 0.15) is 48.5 Å². The molecule has 2 aliphatic rings. The number of phosphoric acid groups is 1. The van der Waals surface area contributed by atoms with Crippen LogP contribution in [0.4, 0.5) is 5.95 Å². The fourth-order valence-corrected chi connectivity index (χ4v) is 5.87. The first kappa shape index (κ1) is 33.0. The molecule has 1 unspecified atom stereocenters. The van der Waals surface area contributed by atoms with Crippen molar-refractivity contribution < 1.29 is 57.9 Å². The van der Waals surface area contributed by atoms with E-state index < -0.39 is 84.4 Å². The first-order valence-electron chi connectivity index (χ1n) is 12.9. The SMILES string of the molecule is Cc1ncnc2c1ncn2[C@@H]1O[C@H](COP(=O)(O)O[C@@H]2[C@H](O)[C@@H](CO)O[C@H]2n2cnc3c(=O)[nH]c(N)nc32)[C@@H](O)[C@H]1O.O=PO. The van der Waals surface area contributed by atoms with Gasteiger partial charge in [0.05, 0.1) is 31.6 Å². The number of hydrogen-bond donors (Lipinski definition) is 8. The number of rotatable bonds is 8. The lowest BCUT2D eigenvalue weighted by atomic mass is 10.1. The summed E-state index contributed by atoms with van der Waals surface area (Å²) in [4.78, 5) is 52.3. The first-order valence-corrected chi connectivity index (χ1v) is 15.1. The molecule has 244 valence electrons. The number of H-pyrrole nitrogens is 1. The van der Waals surface area contributed by atoms with Gasteiger partial charge in [-0.2, -0.15) is 4.98 Å². The van der Waals surface area contributed by atoms with Gasteiger partial charge in [-0.3, -0.25) is 28.0 Å². The fraction of sp³-hybridized carbons (Fsp3) is 0.524. The number of nitrogens with one attached hydrogen (secondary N) is 1. The molecule has 4 aromatic heterocycles. The minimum Gasteiger partial charge on any atom is -0.394 e. The van der Waals surface area contributed by atoms with Gasteiger partial charge in [-0.15, -0.1) is 0 Å². The Labute approximate surface area is 251 Å². The zero-order valence-electron chi connectivity index (χ0n) is 22.9. The monoisotopic (exact) mass is 675 g/mol. The van der Waals surface area contributed by atoms with Crippen molar-refractivity contribution in [3.05, 3.63) is 35.0 Å². The highest BCUT2D eigenvalue weighted by Gasteiger charge is 2.50. The van der Waals surface area contributed by atoms with Gasteiger partial charge in [0.15, 0.2) is 29.3 Å². The molecule has 9 N–H and O–H groups in total. The third-order valence-corrected chi connectivity index (χ3v) is 8.01. The minimum atomic E-state index is -5.04. The zero-order valence-corrected chi connectivity index (χ0v) is 24.7. The van der Waals surface area contributed by atoms with Crippen LogP contribution in [0, 0.1) is 6.92 Å². The van der Waals surface area contributed by atoms with E-state index in [9.17, 15) is 34.7 Å². The number of anilines is 1. The molecule has 0 aromatic carbocycles. The smallest absolute Gasteiger partial charge is 0.394 e. The van der Waals surface area contributed by atoms with Crippen LogP contribution in [0.15, 0.2) is 23.8 Å². The van der Waals surface area contributed by atoms with Crippen LogP contribution >= 0.6 is 16.5 Å². The molecule has 0 aliphatic carbocycles. The number of hydrogen-bond acceptors (Lipinski definition) is 17. The molecule has 0 saturated carbocycles. The molecule has 2 fully saturated rings. The van der Waals surface area contributed by atoms with Crippen LogP contribution in [-0.4, -0.2) is 119 Å². The Balaban J connectivity index is 0.00000128. The number of ether oxygens (including phenoxy) is 2. The van der Waals surface area contributed by atoms with E-state index in [1.54, 1.807) is 6.92 Å². The number of fused-ring (bicyclic) bond motifs is 2. The van der Waals surface area contributed by atoms with Crippen LogP contribution in [0.3, 0.4) is 0 Å². The highest BCUT2D eigenvalue weighted by molar-refractivity contribution is 7.47. The van der Waals surface area contributed by atoms with Crippen LogP contribution in [0.1, 0.15) is 18.1 Å². The molecule has 2 saturated heterocycles. The topological polar surface area (TPSA) is 326 Å². The molecule has 6 heterocycles. The summed E-state index contributed by atoms with van der Waals surface area (Å²) in [5.74, 6) is -0.248. The number of nitrogen functional groups attached to an aromatic ring is 1. The van der Waals surface area contributed by atoms with E-state index in [1.807, 2.05) is 0 Å². The zero-order chi connectivity index (χ0) is 32.6. The molecule has 0 bridgehead atoms. The third kappa shape index (κ3) is 6.36. The Hall–Kier alpha value is -3.37. The predicted molar refractivity (Wildman–Crippen MR) is 146 cm³/mol. The van der Waals surface area contributed by atoms with Crippen molar-refractivity contribution in [3.63, 3.8) is 0 Å². The van der Waals surface area contributed by atoms with E-state index >= 15 is 0 Å². The second kappa shape index (κ2) is 13.2. The van der Waals surface area contributed by atoms with Crippen LogP contribution in [0.25, 0.3) is 22.3 Å². The lowest BCUT2D eigenvalue weighted by Crippen LogP contribution is -2.36.